The van der Waals surface area contributed by atoms with E-state index in [4.69, 9.17) is 29.8 Å². The van der Waals surface area contributed by atoms with Gasteiger partial charge in [0.25, 0.3) is 5.79 Å². The zero-order valence-electron chi connectivity index (χ0n) is 22.3. The van der Waals surface area contributed by atoms with Crippen molar-refractivity contribution in [1.29, 1.82) is 0 Å². The van der Waals surface area contributed by atoms with Crippen molar-refractivity contribution in [3.63, 3.8) is 0 Å². The average molecular weight is 655 g/mol. The number of nitrogens with two attached hydrogens (primary N) is 1. The van der Waals surface area contributed by atoms with Crippen LogP contribution in [0, 0.1) is 0 Å². The van der Waals surface area contributed by atoms with Gasteiger partial charge in [0.2, 0.25) is 5.91 Å². The Morgan fingerprint density at radius 3 is 2.61 bits per heavy atom. The van der Waals surface area contributed by atoms with E-state index >= 15 is 0 Å². The number of hydrogen-bond acceptors (Lipinski definition) is 17. The summed E-state index contributed by atoms with van der Waals surface area (Å²) in [5.41, 5.74) is 12.8. The predicted molar refractivity (Wildman–Crippen MR) is 137 cm³/mol. The predicted octanol–water partition coefficient (Wildman–Crippen LogP) is -4.98. The van der Waals surface area contributed by atoms with Crippen LogP contribution in [-0.2, 0) is 32.7 Å². The van der Waals surface area contributed by atoms with E-state index in [9.17, 15) is 59.6 Å². The van der Waals surface area contributed by atoms with Gasteiger partial charge in [-0.2, -0.15) is 4.98 Å². The van der Waals surface area contributed by atoms with Crippen LogP contribution >= 0.6 is 7.82 Å². The number of aliphatic hydroxyl groups excluding tert-OH is 6. The molecule has 2 aliphatic heterocycles. The zero-order chi connectivity index (χ0) is 33.0. The molecule has 1 aromatic rings. The lowest BCUT2D eigenvalue weighted by atomic mass is 9.88. The molecule has 246 valence electrons. The van der Waals surface area contributed by atoms with Crippen LogP contribution in [0.4, 0.5) is 5.82 Å². The van der Waals surface area contributed by atoms with E-state index in [0.717, 1.165) is 10.8 Å². The van der Waals surface area contributed by atoms with Crippen LogP contribution in [0.2, 0.25) is 0 Å². The molecule has 0 saturated carbocycles. The molecule has 2 aliphatic rings. The Labute approximate surface area is 245 Å². The second kappa shape index (κ2) is 14.2. The topological polar surface area (TPSA) is 372 Å². The number of nitrogens with zero attached hydrogens (tertiary/aromatic N) is 5. The van der Waals surface area contributed by atoms with Crippen molar-refractivity contribution in [2.24, 2.45) is 5.11 Å². The van der Waals surface area contributed by atoms with Gasteiger partial charge < -0.3 is 61.2 Å². The van der Waals surface area contributed by atoms with Gasteiger partial charge in [-0.15, -0.1) is 0 Å². The lowest BCUT2D eigenvalue weighted by molar-refractivity contribution is -0.289. The summed E-state index contributed by atoms with van der Waals surface area (Å²) >= 11 is 0. The van der Waals surface area contributed by atoms with Gasteiger partial charge in [0, 0.05) is 17.5 Å². The first-order valence-electron chi connectivity index (χ1n) is 12.5. The number of carbonyl (C=O) groups excluding carboxylic acids is 1. The van der Waals surface area contributed by atoms with Crippen molar-refractivity contribution in [3.05, 3.63) is 33.2 Å². The molecule has 3 rings (SSSR count). The van der Waals surface area contributed by atoms with Crippen molar-refractivity contribution in [2.75, 3.05) is 25.5 Å². The molecule has 0 bridgehead atoms. The molecule has 23 nitrogen and oxygen atoms in total. The minimum Gasteiger partial charge on any atom is -0.477 e. The number of ether oxygens (including phenoxy) is 2. The smallest absolute Gasteiger partial charge is 0.475 e. The van der Waals surface area contributed by atoms with Gasteiger partial charge in [0.05, 0.1) is 25.4 Å². The highest BCUT2D eigenvalue weighted by Gasteiger charge is 2.59. The largest absolute Gasteiger partial charge is 0.477 e. The molecule has 1 amide bonds. The van der Waals surface area contributed by atoms with Gasteiger partial charge >= 0.3 is 19.5 Å². The Hall–Kier alpha value is -3.28. The monoisotopic (exact) mass is 655 g/mol. The number of aliphatic hydroxyl groups is 6. The molecule has 1 aromatic heterocycles. The van der Waals surface area contributed by atoms with Crippen LogP contribution in [0.5, 0.6) is 0 Å². The van der Waals surface area contributed by atoms with Crippen molar-refractivity contribution in [2.45, 2.75) is 67.2 Å². The molecule has 24 heteroatoms. The number of carboxylic acids is 1. The highest BCUT2D eigenvalue weighted by molar-refractivity contribution is 7.47. The standard InChI is InChI=1S/C20H30N7O16P/c21-10-1-2-27(19(37)24-10)17-15(34)14(33)9(41-17)6-40-44(38,39)43-20(18(35)36)3-7(29)12(25-11(31)4-23-26-22)16(42-20)13(32)8(30)5-28/h1-2,7-9,12-17,28-30,32-34H,3-6H2,(H,25,31)(H,35,36)(H,38,39)(H2,21,24,37)/t7-,8-,9+,12+,13-,14+,15+,16?,17+,20+/m0/s1. The fraction of sp³-hybridized carbons (Fsp3) is 0.700. The van der Waals surface area contributed by atoms with Crippen LogP contribution in [0.1, 0.15) is 12.6 Å². The summed E-state index contributed by atoms with van der Waals surface area (Å²) in [6.07, 6.45) is -15.3. The molecule has 0 radical (unpaired) electrons. The maximum absolute atomic E-state index is 12.9. The molecule has 2 fully saturated rings. The second-order valence-electron chi connectivity index (χ2n) is 9.58. The van der Waals surface area contributed by atoms with Crippen LogP contribution in [0.3, 0.4) is 0 Å². The minimum atomic E-state index is -5.59. The first kappa shape index (κ1) is 35.2. The van der Waals surface area contributed by atoms with E-state index in [1.807, 2.05) is 0 Å². The molecule has 44 heavy (non-hydrogen) atoms. The number of hydrogen-bond donors (Lipinski definition) is 10. The summed E-state index contributed by atoms with van der Waals surface area (Å²) in [6, 6.07) is -0.553. The van der Waals surface area contributed by atoms with Crippen molar-refractivity contribution in [1.82, 2.24) is 14.9 Å². The number of carboxylic acid groups (broad SMARTS) is 1. The molecule has 2 unspecified atom stereocenters. The van der Waals surface area contributed by atoms with Gasteiger partial charge in [0.1, 0.15) is 49.0 Å². The van der Waals surface area contributed by atoms with Crippen LogP contribution in [0.15, 0.2) is 22.2 Å². The summed E-state index contributed by atoms with van der Waals surface area (Å²) in [6.45, 7) is -2.97. The van der Waals surface area contributed by atoms with E-state index < -0.39 is 112 Å². The number of aliphatic carboxylic acids is 1. The van der Waals surface area contributed by atoms with Gasteiger partial charge in [0.15, 0.2) is 6.23 Å². The lowest BCUT2D eigenvalue weighted by Crippen LogP contribution is -2.68. The van der Waals surface area contributed by atoms with Gasteiger partial charge in [-0.25, -0.2) is 18.7 Å². The van der Waals surface area contributed by atoms with Crippen LogP contribution in [0.25, 0.3) is 10.4 Å². The quantitative estimate of drug-likeness (QED) is 0.0411. The van der Waals surface area contributed by atoms with Crippen molar-refractivity contribution >= 4 is 25.5 Å². The Morgan fingerprint density at radius 1 is 1.34 bits per heavy atom. The number of phosphoric ester groups is 1. The number of aromatic nitrogens is 2. The minimum absolute atomic E-state index is 0.151. The SMILES string of the molecule is [N-]=[N+]=NCC(=O)N[C@H]1C([C@@H](O)[C@@H](O)CO)O[C@](OP(=O)(O)OC[C@H]2O[C@@H](n3ccc(N)nc3=O)[C@H](O)[C@@H]2O)(C(=O)O)C[C@@H]1O. The molecule has 0 spiro atoms. The molecule has 3 heterocycles. The number of phosphoric acid groups is 1. The summed E-state index contributed by atoms with van der Waals surface area (Å²) < 4.78 is 33.8. The lowest BCUT2D eigenvalue weighted by Gasteiger charge is -2.46. The second-order valence-corrected chi connectivity index (χ2v) is 11.0. The van der Waals surface area contributed by atoms with E-state index in [2.05, 4.69) is 20.3 Å². The van der Waals surface area contributed by atoms with Crippen LogP contribution < -0.4 is 16.7 Å². The maximum Gasteiger partial charge on any atom is 0.475 e. The summed E-state index contributed by atoms with van der Waals surface area (Å²) in [5.74, 6) is -6.63. The number of carbonyl (C=O) groups is 2. The molecule has 11 N–H and O–H groups in total. The Kier molecular flexibility index (Phi) is 11.4. The molecule has 11 atom stereocenters. The van der Waals surface area contributed by atoms with E-state index in [-0.39, 0.29) is 5.82 Å². The molecular weight excluding hydrogens is 625 g/mol. The van der Waals surface area contributed by atoms with E-state index in [1.165, 1.54) is 6.07 Å². The van der Waals surface area contributed by atoms with Crippen molar-refractivity contribution in [3.8, 4) is 0 Å². The third-order valence-electron chi connectivity index (χ3n) is 6.55. The average Bonchev–Trinajstić information content (AvgIpc) is 3.23. The van der Waals surface area contributed by atoms with Gasteiger partial charge in [-0.3, -0.25) is 13.9 Å². The number of nitrogens with one attached hydrogen (secondary N) is 1. The van der Waals surface area contributed by atoms with Crippen LogP contribution in [-0.4, -0.2) is 136 Å². The molecule has 0 aromatic carbocycles. The van der Waals surface area contributed by atoms with Gasteiger partial charge in [-0.1, -0.05) is 5.11 Å². The zero-order valence-corrected chi connectivity index (χ0v) is 23.2. The molecular formula is C20H30N7O16P. The highest BCUT2D eigenvalue weighted by Crippen LogP contribution is 2.51. The number of rotatable bonds is 13. The summed E-state index contributed by atoms with van der Waals surface area (Å²) in [7, 11) is -5.59. The molecule has 0 aliphatic carbocycles. The third kappa shape index (κ3) is 7.86. The van der Waals surface area contributed by atoms with E-state index in [1.54, 1.807) is 0 Å². The third-order valence-corrected chi connectivity index (χ3v) is 7.55. The maximum atomic E-state index is 12.9. The highest BCUT2D eigenvalue weighted by atomic mass is 31.2. The number of amides is 1. The summed E-state index contributed by atoms with van der Waals surface area (Å²) in [4.78, 5) is 52.6. The number of azide groups is 1. The van der Waals surface area contributed by atoms with E-state index in [0.29, 0.717) is 0 Å². The van der Waals surface area contributed by atoms with Gasteiger partial charge in [-0.05, 0) is 11.6 Å². The number of anilines is 1. The van der Waals surface area contributed by atoms with Crippen molar-refractivity contribution < 1.29 is 73.3 Å². The molecule has 2 saturated heterocycles. The normalized spacial score (nSPS) is 33.0. The Bertz CT molecular complexity index is 1360. The Balaban J connectivity index is 1.80. The summed E-state index contributed by atoms with van der Waals surface area (Å²) in [5, 5.41) is 76.0. The number of nitrogen functional groups attached to an aromatic ring is 1. The fourth-order valence-corrected chi connectivity index (χ4v) is 5.37. The fourth-order valence-electron chi connectivity index (χ4n) is 4.41. The first-order chi connectivity index (χ1) is 20.6. The first-order valence-corrected chi connectivity index (χ1v) is 14.0. The Morgan fingerprint density at radius 2 is 2.02 bits per heavy atom.